The van der Waals surface area contributed by atoms with Gasteiger partial charge in [-0.05, 0) is 51.0 Å². The molecule has 20 heavy (non-hydrogen) atoms. The van der Waals surface area contributed by atoms with Crippen LogP contribution >= 0.6 is 0 Å². The number of hydrogen-bond donors (Lipinski definition) is 1. The monoisotopic (exact) mass is 279 g/mol. The van der Waals surface area contributed by atoms with Crippen molar-refractivity contribution in [1.82, 2.24) is 4.90 Å². The van der Waals surface area contributed by atoms with Gasteiger partial charge in [-0.25, -0.2) is 0 Å². The average molecular weight is 279 g/mol. The third-order valence-corrected chi connectivity index (χ3v) is 6.13. The summed E-state index contributed by atoms with van der Waals surface area (Å²) < 4.78 is 0. The second kappa shape index (κ2) is 6.05. The van der Waals surface area contributed by atoms with Crippen LogP contribution in [0, 0.1) is 11.3 Å². The van der Waals surface area contributed by atoms with Crippen LogP contribution in [0.5, 0.6) is 0 Å². The van der Waals surface area contributed by atoms with Crippen molar-refractivity contribution in [2.75, 3.05) is 13.1 Å². The first kappa shape index (κ1) is 14.4. The van der Waals surface area contributed by atoms with Crippen LogP contribution in [0.4, 0.5) is 0 Å². The van der Waals surface area contributed by atoms with Gasteiger partial charge in [-0.1, -0.05) is 32.1 Å². The van der Waals surface area contributed by atoms with E-state index < -0.39 is 11.4 Å². The summed E-state index contributed by atoms with van der Waals surface area (Å²) in [5, 5.41) is 9.79. The van der Waals surface area contributed by atoms with Crippen molar-refractivity contribution in [3.63, 3.8) is 0 Å². The zero-order valence-corrected chi connectivity index (χ0v) is 12.6. The number of fused-ring (bicyclic) bond motifs is 1. The van der Waals surface area contributed by atoms with Gasteiger partial charge in [-0.2, -0.15) is 0 Å². The molecule has 0 radical (unpaired) electrons. The molecule has 0 aromatic carbocycles. The molecule has 0 amide bonds. The Labute approximate surface area is 122 Å². The van der Waals surface area contributed by atoms with Crippen LogP contribution in [0.2, 0.25) is 0 Å². The van der Waals surface area contributed by atoms with E-state index in [0.717, 1.165) is 44.7 Å². The van der Waals surface area contributed by atoms with Crippen molar-refractivity contribution in [1.29, 1.82) is 0 Å². The SMILES string of the molecule is O=C(O)C1(CN2CCCC3CCCCC32)CCCCC1. The van der Waals surface area contributed by atoms with Crippen LogP contribution in [-0.2, 0) is 4.79 Å². The number of likely N-dealkylation sites (tertiary alicyclic amines) is 1. The summed E-state index contributed by atoms with van der Waals surface area (Å²) in [5.74, 6) is 0.321. The van der Waals surface area contributed by atoms with E-state index in [1.807, 2.05) is 0 Å². The summed E-state index contributed by atoms with van der Waals surface area (Å²) in [4.78, 5) is 14.5. The number of carboxylic acids is 1. The minimum atomic E-state index is -0.532. The molecule has 0 spiro atoms. The standard InChI is InChI=1S/C17H29NO2/c19-16(20)17(10-4-1-5-11-17)13-18-12-6-8-14-7-2-3-9-15(14)18/h14-15H,1-13H2,(H,19,20). The molecule has 0 aromatic heterocycles. The molecule has 3 aliphatic rings. The molecular formula is C17H29NO2. The molecule has 2 saturated carbocycles. The normalized spacial score (nSPS) is 34.4. The van der Waals surface area contributed by atoms with Crippen LogP contribution < -0.4 is 0 Å². The third-order valence-electron chi connectivity index (χ3n) is 6.13. The van der Waals surface area contributed by atoms with Crippen molar-refractivity contribution in [2.45, 2.75) is 76.7 Å². The number of piperidine rings is 1. The molecule has 2 atom stereocenters. The summed E-state index contributed by atoms with van der Waals surface area (Å²) in [6.45, 7) is 1.96. The Hall–Kier alpha value is -0.570. The summed E-state index contributed by atoms with van der Waals surface area (Å²) >= 11 is 0. The predicted octanol–water partition coefficient (Wildman–Crippen LogP) is 3.68. The maximum absolute atomic E-state index is 11.9. The van der Waals surface area contributed by atoms with Crippen molar-refractivity contribution in [3.8, 4) is 0 Å². The Kier molecular flexibility index (Phi) is 4.34. The molecule has 1 heterocycles. The molecule has 0 bridgehead atoms. The number of carboxylic acid groups (broad SMARTS) is 1. The lowest BCUT2D eigenvalue weighted by Crippen LogP contribution is -2.53. The summed E-state index contributed by atoms with van der Waals surface area (Å²) in [6, 6.07) is 0.690. The number of rotatable bonds is 3. The highest BCUT2D eigenvalue weighted by molar-refractivity contribution is 5.75. The Bertz CT molecular complexity index is 347. The van der Waals surface area contributed by atoms with Gasteiger partial charge in [0.15, 0.2) is 0 Å². The van der Waals surface area contributed by atoms with Gasteiger partial charge in [-0.15, -0.1) is 0 Å². The first-order valence-corrected chi connectivity index (χ1v) is 8.69. The maximum Gasteiger partial charge on any atom is 0.310 e. The van der Waals surface area contributed by atoms with Crippen LogP contribution in [0.3, 0.4) is 0 Å². The highest BCUT2D eigenvalue weighted by Gasteiger charge is 2.44. The van der Waals surface area contributed by atoms with Gasteiger partial charge < -0.3 is 5.11 Å². The van der Waals surface area contributed by atoms with Crippen LogP contribution in [0.25, 0.3) is 0 Å². The number of nitrogens with zero attached hydrogens (tertiary/aromatic N) is 1. The molecule has 3 fully saturated rings. The number of aliphatic carboxylic acids is 1. The Morgan fingerprint density at radius 1 is 1.00 bits per heavy atom. The van der Waals surface area contributed by atoms with Gasteiger partial charge >= 0.3 is 5.97 Å². The van der Waals surface area contributed by atoms with E-state index in [1.54, 1.807) is 0 Å². The molecule has 1 saturated heterocycles. The zero-order chi connectivity index (χ0) is 14.0. The van der Waals surface area contributed by atoms with Gasteiger partial charge in [0.25, 0.3) is 0 Å². The van der Waals surface area contributed by atoms with E-state index in [0.29, 0.717) is 6.04 Å². The fraction of sp³-hybridized carbons (Fsp3) is 0.941. The van der Waals surface area contributed by atoms with Crippen molar-refractivity contribution < 1.29 is 9.90 Å². The molecule has 3 heteroatoms. The van der Waals surface area contributed by atoms with Crippen molar-refractivity contribution in [3.05, 3.63) is 0 Å². The highest BCUT2D eigenvalue weighted by Crippen LogP contribution is 2.41. The van der Waals surface area contributed by atoms with Gasteiger partial charge in [0, 0.05) is 12.6 Å². The smallest absolute Gasteiger partial charge is 0.310 e. The van der Waals surface area contributed by atoms with E-state index in [9.17, 15) is 9.90 Å². The largest absolute Gasteiger partial charge is 0.481 e. The summed E-state index contributed by atoms with van der Waals surface area (Å²) in [5.41, 5.74) is -0.433. The minimum Gasteiger partial charge on any atom is -0.481 e. The fourth-order valence-corrected chi connectivity index (χ4v) is 4.98. The Balaban J connectivity index is 1.72. The first-order valence-electron chi connectivity index (χ1n) is 8.69. The van der Waals surface area contributed by atoms with Gasteiger partial charge in [0.2, 0.25) is 0 Å². The van der Waals surface area contributed by atoms with Gasteiger partial charge in [0.1, 0.15) is 0 Å². The maximum atomic E-state index is 11.9. The zero-order valence-electron chi connectivity index (χ0n) is 12.6. The molecule has 2 unspecified atom stereocenters. The summed E-state index contributed by atoms with van der Waals surface area (Å²) in [7, 11) is 0. The second-order valence-corrected chi connectivity index (χ2v) is 7.37. The van der Waals surface area contributed by atoms with Crippen LogP contribution in [0.15, 0.2) is 0 Å². The van der Waals surface area contributed by atoms with Gasteiger partial charge in [0.05, 0.1) is 5.41 Å². The second-order valence-electron chi connectivity index (χ2n) is 7.37. The number of carbonyl (C=O) groups is 1. The molecule has 2 aliphatic carbocycles. The quantitative estimate of drug-likeness (QED) is 0.857. The lowest BCUT2D eigenvalue weighted by molar-refractivity contribution is -0.154. The molecule has 1 N–H and O–H groups in total. The molecular weight excluding hydrogens is 250 g/mol. The van der Waals surface area contributed by atoms with E-state index in [-0.39, 0.29) is 0 Å². The van der Waals surface area contributed by atoms with E-state index in [1.165, 1.54) is 44.9 Å². The fourth-order valence-electron chi connectivity index (χ4n) is 4.98. The summed E-state index contributed by atoms with van der Waals surface area (Å²) in [6.07, 6.45) is 13.3. The van der Waals surface area contributed by atoms with E-state index in [4.69, 9.17) is 0 Å². The Morgan fingerprint density at radius 2 is 1.70 bits per heavy atom. The molecule has 114 valence electrons. The van der Waals surface area contributed by atoms with Crippen molar-refractivity contribution >= 4 is 5.97 Å². The molecule has 0 aromatic rings. The lowest BCUT2D eigenvalue weighted by Gasteiger charge is -2.48. The van der Waals surface area contributed by atoms with Crippen LogP contribution in [-0.4, -0.2) is 35.1 Å². The Morgan fingerprint density at radius 3 is 2.45 bits per heavy atom. The number of hydrogen-bond acceptors (Lipinski definition) is 2. The highest BCUT2D eigenvalue weighted by atomic mass is 16.4. The van der Waals surface area contributed by atoms with E-state index in [2.05, 4.69) is 4.90 Å². The average Bonchev–Trinajstić information content (AvgIpc) is 2.48. The topological polar surface area (TPSA) is 40.5 Å². The predicted molar refractivity (Wildman–Crippen MR) is 79.7 cm³/mol. The van der Waals surface area contributed by atoms with Crippen LogP contribution in [0.1, 0.15) is 70.6 Å². The van der Waals surface area contributed by atoms with E-state index >= 15 is 0 Å². The molecule has 1 aliphatic heterocycles. The third kappa shape index (κ3) is 2.74. The lowest BCUT2D eigenvalue weighted by atomic mass is 9.71. The molecule has 3 rings (SSSR count). The first-order chi connectivity index (χ1) is 9.71. The molecule has 3 nitrogen and oxygen atoms in total. The van der Waals surface area contributed by atoms with Crippen molar-refractivity contribution in [2.24, 2.45) is 11.3 Å². The van der Waals surface area contributed by atoms with Gasteiger partial charge in [-0.3, -0.25) is 9.69 Å². The minimum absolute atomic E-state index is 0.433.